The van der Waals surface area contributed by atoms with Gasteiger partial charge in [-0.05, 0) is 49.6 Å². The predicted molar refractivity (Wildman–Crippen MR) is 103 cm³/mol. The first-order valence-corrected chi connectivity index (χ1v) is 9.46. The van der Waals surface area contributed by atoms with Gasteiger partial charge in [0, 0.05) is 30.9 Å². The van der Waals surface area contributed by atoms with Crippen LogP contribution in [0.15, 0.2) is 47.0 Å². The zero-order valence-electron chi connectivity index (χ0n) is 15.7. The van der Waals surface area contributed by atoms with Crippen molar-refractivity contribution < 1.29 is 13.3 Å². The maximum Gasteiger partial charge on any atom is 0.260 e. The zero-order chi connectivity index (χ0) is 19.5. The van der Waals surface area contributed by atoms with Crippen molar-refractivity contribution in [3.05, 3.63) is 65.5 Å². The molecule has 7 heteroatoms. The Morgan fingerprint density at radius 3 is 2.75 bits per heavy atom. The number of nitrogens with one attached hydrogen (secondary N) is 1. The van der Waals surface area contributed by atoms with Gasteiger partial charge < -0.3 is 14.7 Å². The lowest BCUT2D eigenvalue weighted by Crippen LogP contribution is -2.21. The van der Waals surface area contributed by atoms with Crippen LogP contribution in [0.25, 0.3) is 11.5 Å². The molecule has 1 aliphatic rings. The van der Waals surface area contributed by atoms with E-state index in [-0.39, 0.29) is 17.5 Å². The van der Waals surface area contributed by atoms with E-state index in [9.17, 15) is 8.78 Å². The van der Waals surface area contributed by atoms with Crippen LogP contribution < -0.4 is 10.2 Å². The molecule has 5 nitrogen and oxygen atoms in total. The molecule has 2 aromatic carbocycles. The second-order valence-electron chi connectivity index (χ2n) is 7.03. The van der Waals surface area contributed by atoms with E-state index in [0.717, 1.165) is 25.2 Å². The molecule has 0 saturated carbocycles. The number of aromatic nitrogens is 2. The topological polar surface area (TPSA) is 54.2 Å². The molecule has 1 N–H and O–H groups in total. The number of rotatable bonds is 6. The monoisotopic (exact) mass is 384 g/mol. The molecule has 1 fully saturated rings. The van der Waals surface area contributed by atoms with E-state index in [1.54, 1.807) is 0 Å². The third-order valence-electron chi connectivity index (χ3n) is 5.04. The minimum atomic E-state index is -0.727. The van der Waals surface area contributed by atoms with Gasteiger partial charge in [0.15, 0.2) is 5.82 Å². The molecule has 1 saturated heterocycles. The summed E-state index contributed by atoms with van der Waals surface area (Å²) in [7, 11) is 0. The van der Waals surface area contributed by atoms with Gasteiger partial charge in [0.05, 0.1) is 12.1 Å². The van der Waals surface area contributed by atoms with Gasteiger partial charge in [0.25, 0.3) is 5.89 Å². The molecule has 1 unspecified atom stereocenters. The summed E-state index contributed by atoms with van der Waals surface area (Å²) in [4.78, 5) is 6.61. The van der Waals surface area contributed by atoms with Gasteiger partial charge in [0.2, 0.25) is 0 Å². The van der Waals surface area contributed by atoms with Crippen LogP contribution in [0.1, 0.15) is 37.2 Å². The normalized spacial score (nSPS) is 15.2. The van der Waals surface area contributed by atoms with Crippen LogP contribution in [0.2, 0.25) is 0 Å². The third kappa shape index (κ3) is 4.04. The average molecular weight is 384 g/mol. The van der Waals surface area contributed by atoms with Crippen molar-refractivity contribution in [2.24, 2.45) is 0 Å². The Morgan fingerprint density at radius 1 is 1.14 bits per heavy atom. The Kier molecular flexibility index (Phi) is 5.34. The summed E-state index contributed by atoms with van der Waals surface area (Å²) in [5.74, 6) is -0.915. The fourth-order valence-corrected chi connectivity index (χ4v) is 3.43. The highest BCUT2D eigenvalue weighted by atomic mass is 19.1. The Labute approximate surface area is 162 Å². The molecule has 4 rings (SSSR count). The minimum Gasteiger partial charge on any atom is -0.372 e. The minimum absolute atomic E-state index is 0.0398. The summed E-state index contributed by atoms with van der Waals surface area (Å²) in [6.07, 6.45) is 2.49. The van der Waals surface area contributed by atoms with Crippen LogP contribution in [0, 0.1) is 11.6 Å². The van der Waals surface area contributed by atoms with E-state index in [1.807, 2.05) is 0 Å². The zero-order valence-corrected chi connectivity index (χ0v) is 15.7. The number of hydrogen-bond donors (Lipinski definition) is 1. The molecule has 0 radical (unpaired) electrons. The fraction of sp³-hybridized carbons (Fsp3) is 0.333. The van der Waals surface area contributed by atoms with Crippen molar-refractivity contribution in [3.8, 4) is 11.5 Å². The van der Waals surface area contributed by atoms with Crippen molar-refractivity contribution >= 4 is 5.69 Å². The number of anilines is 1. The van der Waals surface area contributed by atoms with E-state index in [1.165, 1.54) is 30.2 Å². The first kappa shape index (κ1) is 18.6. The SMILES string of the molecule is CC(NCc1noc(-c2ccc(F)cc2F)n1)c1cccc(N2CCCC2)c1. The Bertz CT molecular complexity index is 953. The molecule has 0 spiro atoms. The van der Waals surface area contributed by atoms with Gasteiger partial charge >= 0.3 is 0 Å². The summed E-state index contributed by atoms with van der Waals surface area (Å²) in [6.45, 7) is 4.67. The van der Waals surface area contributed by atoms with E-state index in [0.29, 0.717) is 12.4 Å². The molecule has 0 bridgehead atoms. The Balaban J connectivity index is 1.41. The average Bonchev–Trinajstić information content (AvgIpc) is 3.38. The van der Waals surface area contributed by atoms with E-state index >= 15 is 0 Å². The van der Waals surface area contributed by atoms with Gasteiger partial charge in [0.1, 0.15) is 11.6 Å². The van der Waals surface area contributed by atoms with Gasteiger partial charge in [-0.2, -0.15) is 4.98 Å². The predicted octanol–water partition coefficient (Wildman–Crippen LogP) is 4.47. The molecule has 1 aromatic heterocycles. The molecular weight excluding hydrogens is 362 g/mol. The third-order valence-corrected chi connectivity index (χ3v) is 5.04. The highest BCUT2D eigenvalue weighted by Crippen LogP contribution is 2.25. The first-order chi connectivity index (χ1) is 13.6. The van der Waals surface area contributed by atoms with Crippen molar-refractivity contribution in [2.45, 2.75) is 32.4 Å². The number of halogens is 2. The number of hydrogen-bond acceptors (Lipinski definition) is 5. The summed E-state index contributed by atoms with van der Waals surface area (Å²) < 4.78 is 32.0. The Hall–Kier alpha value is -2.80. The smallest absolute Gasteiger partial charge is 0.260 e. The lowest BCUT2D eigenvalue weighted by Gasteiger charge is -2.20. The lowest BCUT2D eigenvalue weighted by atomic mass is 10.1. The molecule has 1 aliphatic heterocycles. The second-order valence-corrected chi connectivity index (χ2v) is 7.03. The van der Waals surface area contributed by atoms with Gasteiger partial charge in [-0.3, -0.25) is 0 Å². The summed E-state index contributed by atoms with van der Waals surface area (Å²) in [6, 6.07) is 11.9. The number of nitrogens with zero attached hydrogens (tertiary/aromatic N) is 3. The van der Waals surface area contributed by atoms with Crippen molar-refractivity contribution in [3.63, 3.8) is 0 Å². The fourth-order valence-electron chi connectivity index (χ4n) is 3.43. The van der Waals surface area contributed by atoms with Crippen LogP contribution in [-0.4, -0.2) is 23.2 Å². The molecule has 0 aliphatic carbocycles. The van der Waals surface area contributed by atoms with Gasteiger partial charge in [-0.25, -0.2) is 8.78 Å². The van der Waals surface area contributed by atoms with Crippen molar-refractivity contribution in [1.29, 1.82) is 0 Å². The van der Waals surface area contributed by atoms with Gasteiger partial charge in [-0.15, -0.1) is 0 Å². The molecule has 3 aromatic rings. The van der Waals surface area contributed by atoms with Crippen molar-refractivity contribution in [2.75, 3.05) is 18.0 Å². The summed E-state index contributed by atoms with van der Waals surface area (Å²) in [5, 5.41) is 7.25. The molecule has 28 heavy (non-hydrogen) atoms. The number of benzene rings is 2. The molecular formula is C21H22F2N4O. The van der Waals surface area contributed by atoms with E-state index < -0.39 is 11.6 Å². The van der Waals surface area contributed by atoms with Crippen LogP contribution in [-0.2, 0) is 6.54 Å². The maximum atomic E-state index is 13.9. The highest BCUT2D eigenvalue weighted by Gasteiger charge is 2.16. The standard InChI is InChI=1S/C21H22F2N4O/c1-14(15-5-4-6-17(11-15)27-9-2-3-10-27)24-13-20-25-21(28-26-20)18-8-7-16(22)12-19(18)23/h4-8,11-12,14,24H,2-3,9-10,13H2,1H3. The van der Waals surface area contributed by atoms with Crippen LogP contribution >= 0.6 is 0 Å². The van der Waals surface area contributed by atoms with E-state index in [2.05, 4.69) is 51.5 Å². The van der Waals surface area contributed by atoms with Crippen LogP contribution in [0.5, 0.6) is 0 Å². The molecule has 146 valence electrons. The van der Waals surface area contributed by atoms with Crippen LogP contribution in [0.4, 0.5) is 14.5 Å². The van der Waals surface area contributed by atoms with Gasteiger partial charge in [-0.1, -0.05) is 17.3 Å². The van der Waals surface area contributed by atoms with Crippen molar-refractivity contribution in [1.82, 2.24) is 15.5 Å². The largest absolute Gasteiger partial charge is 0.372 e. The Morgan fingerprint density at radius 2 is 1.96 bits per heavy atom. The summed E-state index contributed by atoms with van der Waals surface area (Å²) in [5.41, 5.74) is 2.52. The highest BCUT2D eigenvalue weighted by molar-refractivity contribution is 5.53. The first-order valence-electron chi connectivity index (χ1n) is 9.46. The van der Waals surface area contributed by atoms with E-state index in [4.69, 9.17) is 4.52 Å². The molecule has 0 amide bonds. The van der Waals surface area contributed by atoms with Crippen LogP contribution in [0.3, 0.4) is 0 Å². The second kappa shape index (κ2) is 8.06. The summed E-state index contributed by atoms with van der Waals surface area (Å²) >= 11 is 0. The quantitative estimate of drug-likeness (QED) is 0.680. The lowest BCUT2D eigenvalue weighted by molar-refractivity contribution is 0.414. The maximum absolute atomic E-state index is 13.9. The molecule has 1 atom stereocenters. The molecule has 2 heterocycles.